The summed E-state index contributed by atoms with van der Waals surface area (Å²) >= 11 is 6.04. The molecule has 0 aliphatic rings. The molecule has 8 heteroatoms. The number of amides is 2. The van der Waals surface area contributed by atoms with Crippen LogP contribution in [0.2, 0.25) is 5.15 Å². The number of hydrogen-bond acceptors (Lipinski definition) is 3. The summed E-state index contributed by atoms with van der Waals surface area (Å²) in [6.07, 6.45) is 0. The summed E-state index contributed by atoms with van der Waals surface area (Å²) in [5.41, 5.74) is 1.43. The highest BCUT2D eigenvalue weighted by Crippen LogP contribution is 2.17. The summed E-state index contributed by atoms with van der Waals surface area (Å²) in [4.78, 5) is 22.7. The van der Waals surface area contributed by atoms with Gasteiger partial charge < -0.3 is 15.7 Å². The maximum atomic E-state index is 11.7. The molecule has 0 fully saturated rings. The van der Waals surface area contributed by atoms with Gasteiger partial charge in [0.05, 0.1) is 5.69 Å². The third kappa shape index (κ3) is 3.86. The van der Waals surface area contributed by atoms with E-state index in [0.717, 1.165) is 5.69 Å². The normalized spacial score (nSPS) is 12.3. The van der Waals surface area contributed by atoms with Crippen molar-refractivity contribution in [2.75, 3.05) is 0 Å². The molecule has 1 unspecified atom stereocenters. The molecule has 1 rings (SSSR count). The van der Waals surface area contributed by atoms with Gasteiger partial charge in [-0.3, -0.25) is 4.68 Å². The van der Waals surface area contributed by atoms with Crippen LogP contribution in [0.4, 0.5) is 4.79 Å². The zero-order chi connectivity index (χ0) is 15.4. The van der Waals surface area contributed by atoms with Crippen molar-refractivity contribution in [1.29, 1.82) is 0 Å². The fourth-order valence-electron chi connectivity index (χ4n) is 1.75. The number of carboxylic acids is 1. The van der Waals surface area contributed by atoms with Crippen molar-refractivity contribution in [3.63, 3.8) is 0 Å². The number of hydrogen-bond donors (Lipinski definition) is 3. The fourth-order valence-corrected chi connectivity index (χ4v) is 1.99. The number of aliphatic carboxylic acids is 1. The predicted octanol–water partition coefficient (Wildman–Crippen LogP) is 1.29. The number of rotatable bonds is 5. The fraction of sp³-hybridized carbons (Fsp3) is 0.583. The molecular weight excluding hydrogens is 284 g/mol. The van der Waals surface area contributed by atoms with Crippen LogP contribution in [0, 0.1) is 12.8 Å². The first-order valence-corrected chi connectivity index (χ1v) is 6.57. The van der Waals surface area contributed by atoms with Crippen LogP contribution in [0.5, 0.6) is 0 Å². The zero-order valence-corrected chi connectivity index (χ0v) is 12.7. The van der Waals surface area contributed by atoms with Gasteiger partial charge in [-0.1, -0.05) is 25.4 Å². The van der Waals surface area contributed by atoms with E-state index in [1.807, 2.05) is 0 Å². The molecule has 1 aromatic rings. The van der Waals surface area contributed by atoms with E-state index in [4.69, 9.17) is 16.7 Å². The Morgan fingerprint density at radius 3 is 2.45 bits per heavy atom. The lowest BCUT2D eigenvalue weighted by molar-refractivity contribution is -0.140. The Morgan fingerprint density at radius 1 is 1.45 bits per heavy atom. The molecule has 20 heavy (non-hydrogen) atoms. The van der Waals surface area contributed by atoms with E-state index in [2.05, 4.69) is 15.7 Å². The van der Waals surface area contributed by atoms with Gasteiger partial charge in [-0.2, -0.15) is 5.10 Å². The van der Waals surface area contributed by atoms with E-state index in [9.17, 15) is 9.59 Å². The molecule has 2 amide bonds. The average molecular weight is 303 g/mol. The smallest absolute Gasteiger partial charge is 0.326 e. The highest BCUT2D eigenvalue weighted by molar-refractivity contribution is 6.30. The summed E-state index contributed by atoms with van der Waals surface area (Å²) in [5.74, 6) is -1.27. The minimum atomic E-state index is -1.06. The first kappa shape index (κ1) is 16.3. The second kappa shape index (κ2) is 6.60. The van der Waals surface area contributed by atoms with Crippen molar-refractivity contribution >= 4 is 23.6 Å². The lowest BCUT2D eigenvalue weighted by Gasteiger charge is -2.18. The minimum Gasteiger partial charge on any atom is -0.480 e. The average Bonchev–Trinajstić information content (AvgIpc) is 2.57. The standard InChI is InChI=1S/C12H19ClN4O3/c1-6(2)9(11(18)19)15-12(20)14-5-8-7(3)16-17(4)10(8)13/h6,9H,5H2,1-4H3,(H,18,19)(H2,14,15,20). The lowest BCUT2D eigenvalue weighted by atomic mass is 10.1. The molecule has 112 valence electrons. The monoisotopic (exact) mass is 302 g/mol. The van der Waals surface area contributed by atoms with Crippen molar-refractivity contribution < 1.29 is 14.7 Å². The number of nitrogens with one attached hydrogen (secondary N) is 2. The molecule has 7 nitrogen and oxygen atoms in total. The Morgan fingerprint density at radius 2 is 2.05 bits per heavy atom. The number of halogens is 1. The Balaban J connectivity index is 2.61. The Hall–Kier alpha value is -1.76. The maximum absolute atomic E-state index is 11.7. The zero-order valence-electron chi connectivity index (χ0n) is 11.9. The molecule has 0 bridgehead atoms. The third-order valence-electron chi connectivity index (χ3n) is 2.91. The number of carbonyl (C=O) groups is 2. The number of carbonyl (C=O) groups excluding carboxylic acids is 1. The molecular formula is C12H19ClN4O3. The van der Waals surface area contributed by atoms with E-state index in [1.165, 1.54) is 4.68 Å². The van der Waals surface area contributed by atoms with Crippen LogP contribution >= 0.6 is 11.6 Å². The minimum absolute atomic E-state index is 0.189. The van der Waals surface area contributed by atoms with Gasteiger partial charge in [0.25, 0.3) is 0 Å². The third-order valence-corrected chi connectivity index (χ3v) is 3.39. The van der Waals surface area contributed by atoms with Gasteiger partial charge >= 0.3 is 12.0 Å². The SMILES string of the molecule is Cc1nn(C)c(Cl)c1CNC(=O)NC(C(=O)O)C(C)C. The number of urea groups is 1. The van der Waals surface area contributed by atoms with Crippen LogP contribution < -0.4 is 10.6 Å². The second-order valence-electron chi connectivity index (χ2n) is 4.87. The van der Waals surface area contributed by atoms with Crippen LogP contribution in [-0.4, -0.2) is 32.9 Å². The first-order valence-electron chi connectivity index (χ1n) is 6.19. The molecule has 1 heterocycles. The molecule has 0 saturated carbocycles. The van der Waals surface area contributed by atoms with Crippen LogP contribution in [-0.2, 0) is 18.4 Å². The molecule has 1 atom stereocenters. The molecule has 0 spiro atoms. The maximum Gasteiger partial charge on any atom is 0.326 e. The number of nitrogens with zero attached hydrogens (tertiary/aromatic N) is 2. The van der Waals surface area contributed by atoms with Gasteiger partial charge in [-0.05, 0) is 12.8 Å². The van der Waals surface area contributed by atoms with Crippen LogP contribution in [0.25, 0.3) is 0 Å². The Kier molecular flexibility index (Phi) is 5.38. The van der Waals surface area contributed by atoms with Crippen molar-refractivity contribution in [3.05, 3.63) is 16.4 Å². The molecule has 0 aromatic carbocycles. The van der Waals surface area contributed by atoms with E-state index in [0.29, 0.717) is 10.7 Å². The number of aryl methyl sites for hydroxylation is 2. The number of carboxylic acid groups (broad SMARTS) is 1. The van der Waals surface area contributed by atoms with Crippen LogP contribution in [0.1, 0.15) is 25.1 Å². The molecule has 3 N–H and O–H groups in total. The number of aromatic nitrogens is 2. The van der Waals surface area contributed by atoms with Crippen molar-refractivity contribution in [3.8, 4) is 0 Å². The molecule has 0 aliphatic carbocycles. The van der Waals surface area contributed by atoms with Crippen molar-refractivity contribution in [1.82, 2.24) is 20.4 Å². The van der Waals surface area contributed by atoms with Gasteiger partial charge in [-0.15, -0.1) is 0 Å². The predicted molar refractivity (Wildman–Crippen MR) is 74.6 cm³/mol. The van der Waals surface area contributed by atoms with Gasteiger partial charge in [0.1, 0.15) is 11.2 Å². The summed E-state index contributed by atoms with van der Waals surface area (Å²) in [5, 5.41) is 18.6. The quantitative estimate of drug-likeness (QED) is 0.763. The Labute approximate surface area is 122 Å². The van der Waals surface area contributed by atoms with E-state index in [-0.39, 0.29) is 12.5 Å². The van der Waals surface area contributed by atoms with Crippen molar-refractivity contribution in [2.24, 2.45) is 13.0 Å². The largest absolute Gasteiger partial charge is 0.480 e. The lowest BCUT2D eigenvalue weighted by Crippen LogP contribution is -2.48. The summed E-state index contributed by atoms with van der Waals surface area (Å²) in [6, 6.07) is -1.48. The van der Waals surface area contributed by atoms with Gasteiger partial charge in [0.2, 0.25) is 0 Å². The van der Waals surface area contributed by atoms with Crippen molar-refractivity contribution in [2.45, 2.75) is 33.4 Å². The first-order chi connectivity index (χ1) is 9.23. The summed E-state index contributed by atoms with van der Waals surface area (Å²) in [6.45, 7) is 5.42. The van der Waals surface area contributed by atoms with E-state index < -0.39 is 18.0 Å². The topological polar surface area (TPSA) is 96.3 Å². The van der Waals surface area contributed by atoms with Crippen LogP contribution in [0.3, 0.4) is 0 Å². The molecule has 1 aromatic heterocycles. The van der Waals surface area contributed by atoms with Crippen LogP contribution in [0.15, 0.2) is 0 Å². The molecule has 0 aliphatic heterocycles. The Bertz CT molecular complexity index is 513. The van der Waals surface area contributed by atoms with Gasteiger partial charge in [0.15, 0.2) is 0 Å². The summed E-state index contributed by atoms with van der Waals surface area (Å²) < 4.78 is 1.51. The highest BCUT2D eigenvalue weighted by Gasteiger charge is 2.23. The molecule has 0 saturated heterocycles. The second-order valence-corrected chi connectivity index (χ2v) is 5.22. The van der Waals surface area contributed by atoms with E-state index in [1.54, 1.807) is 27.8 Å². The van der Waals surface area contributed by atoms with Gasteiger partial charge in [0, 0.05) is 19.2 Å². The summed E-state index contributed by atoms with van der Waals surface area (Å²) in [7, 11) is 1.71. The van der Waals surface area contributed by atoms with Gasteiger partial charge in [-0.25, -0.2) is 9.59 Å². The highest BCUT2D eigenvalue weighted by atomic mass is 35.5. The molecule has 0 radical (unpaired) electrons. The van der Waals surface area contributed by atoms with E-state index >= 15 is 0 Å².